The van der Waals surface area contributed by atoms with E-state index in [2.05, 4.69) is 4.98 Å². The normalized spacial score (nSPS) is 12.2. The van der Waals surface area contributed by atoms with Gasteiger partial charge in [-0.25, -0.2) is 4.21 Å². The van der Waals surface area contributed by atoms with Gasteiger partial charge in [-0.2, -0.15) is 0 Å². The minimum atomic E-state index is -1.95. The molecule has 0 aliphatic heterocycles. The van der Waals surface area contributed by atoms with Gasteiger partial charge in [0, 0.05) is 12.4 Å². The molecule has 0 radical (unpaired) electrons. The molecule has 1 aromatic carbocycles. The number of ether oxygens (including phenoxy) is 1. The highest BCUT2D eigenvalue weighted by Crippen LogP contribution is 2.18. The lowest BCUT2D eigenvalue weighted by molar-refractivity contribution is 0.304. The van der Waals surface area contributed by atoms with Gasteiger partial charge in [-0.05, 0) is 54.8 Å². The summed E-state index contributed by atoms with van der Waals surface area (Å²) in [5.74, 6) is 0.671. The Morgan fingerprint density at radius 3 is 2.26 bits per heavy atom. The Balaban J connectivity index is 2.08. The van der Waals surface area contributed by atoms with Gasteiger partial charge in [-0.3, -0.25) is 4.98 Å². The van der Waals surface area contributed by atoms with Gasteiger partial charge in [-0.1, -0.05) is 0 Å². The fraction of sp³-hybridized carbons (Fsp3) is 0.214. The molecule has 1 unspecified atom stereocenters. The zero-order chi connectivity index (χ0) is 13.8. The first kappa shape index (κ1) is 13.7. The SMILES string of the molecule is Cc1cncc(C)c1COc1ccc(S(=O)O)cc1. The molecule has 5 heteroatoms. The van der Waals surface area contributed by atoms with Crippen LogP contribution in [0.5, 0.6) is 5.75 Å². The second-order valence-electron chi connectivity index (χ2n) is 4.26. The van der Waals surface area contributed by atoms with Crippen molar-refractivity contribution in [3.63, 3.8) is 0 Å². The van der Waals surface area contributed by atoms with E-state index in [1.807, 2.05) is 26.2 Å². The Morgan fingerprint density at radius 2 is 1.74 bits per heavy atom. The summed E-state index contributed by atoms with van der Waals surface area (Å²) in [4.78, 5) is 4.48. The van der Waals surface area contributed by atoms with Crippen molar-refractivity contribution in [2.45, 2.75) is 25.3 Å². The van der Waals surface area contributed by atoms with Crippen molar-refractivity contribution in [2.75, 3.05) is 0 Å². The molecule has 1 heterocycles. The first-order chi connectivity index (χ1) is 9.08. The third-order valence-corrected chi connectivity index (χ3v) is 3.57. The molecule has 2 aromatic rings. The van der Waals surface area contributed by atoms with Crippen LogP contribution in [0.1, 0.15) is 16.7 Å². The summed E-state index contributed by atoms with van der Waals surface area (Å²) in [7, 11) is 0. The maximum atomic E-state index is 10.8. The van der Waals surface area contributed by atoms with Gasteiger partial charge >= 0.3 is 0 Å². The number of benzene rings is 1. The Morgan fingerprint density at radius 1 is 1.16 bits per heavy atom. The number of aryl methyl sites for hydroxylation is 2. The standard InChI is InChI=1S/C14H15NO3S/c1-10-7-15-8-11(2)14(10)9-18-12-3-5-13(6-4-12)19(16)17/h3-8H,9H2,1-2H3,(H,16,17). The van der Waals surface area contributed by atoms with E-state index in [9.17, 15) is 4.21 Å². The molecule has 1 N–H and O–H groups in total. The van der Waals surface area contributed by atoms with Crippen LogP contribution in [0.4, 0.5) is 0 Å². The van der Waals surface area contributed by atoms with E-state index in [0.29, 0.717) is 17.3 Å². The van der Waals surface area contributed by atoms with Crippen molar-refractivity contribution in [1.82, 2.24) is 4.98 Å². The molecule has 1 atom stereocenters. The van der Waals surface area contributed by atoms with E-state index in [1.165, 1.54) is 0 Å². The van der Waals surface area contributed by atoms with E-state index in [-0.39, 0.29) is 0 Å². The van der Waals surface area contributed by atoms with E-state index in [0.717, 1.165) is 16.7 Å². The summed E-state index contributed by atoms with van der Waals surface area (Å²) in [5, 5.41) is 0. The predicted octanol–water partition coefficient (Wildman–Crippen LogP) is 2.86. The van der Waals surface area contributed by atoms with Gasteiger partial charge < -0.3 is 9.29 Å². The van der Waals surface area contributed by atoms with Crippen LogP contribution in [0.15, 0.2) is 41.6 Å². The van der Waals surface area contributed by atoms with E-state index >= 15 is 0 Å². The van der Waals surface area contributed by atoms with Crippen LogP contribution in [0.2, 0.25) is 0 Å². The minimum Gasteiger partial charge on any atom is -0.489 e. The molecule has 19 heavy (non-hydrogen) atoms. The maximum absolute atomic E-state index is 10.8. The number of hydrogen-bond donors (Lipinski definition) is 1. The highest BCUT2D eigenvalue weighted by atomic mass is 32.2. The van der Waals surface area contributed by atoms with Crippen LogP contribution < -0.4 is 4.74 Å². The van der Waals surface area contributed by atoms with Crippen molar-refractivity contribution < 1.29 is 13.5 Å². The second kappa shape index (κ2) is 5.95. The largest absolute Gasteiger partial charge is 0.489 e. The molecule has 0 saturated carbocycles. The molecule has 0 bridgehead atoms. The van der Waals surface area contributed by atoms with Gasteiger partial charge in [0.15, 0.2) is 11.1 Å². The van der Waals surface area contributed by atoms with E-state index in [1.54, 1.807) is 24.3 Å². The summed E-state index contributed by atoms with van der Waals surface area (Å²) in [6.45, 7) is 4.45. The average molecular weight is 277 g/mol. The maximum Gasteiger partial charge on any atom is 0.186 e. The van der Waals surface area contributed by atoms with Crippen molar-refractivity contribution in [3.05, 3.63) is 53.3 Å². The topological polar surface area (TPSA) is 59.4 Å². The molecular weight excluding hydrogens is 262 g/mol. The molecule has 0 spiro atoms. The highest BCUT2D eigenvalue weighted by Gasteiger charge is 2.05. The quantitative estimate of drug-likeness (QED) is 0.873. The summed E-state index contributed by atoms with van der Waals surface area (Å²) in [5.41, 5.74) is 3.30. The molecule has 1 aromatic heterocycles. The molecule has 0 aliphatic carbocycles. The first-order valence-corrected chi connectivity index (χ1v) is 6.92. The third kappa shape index (κ3) is 3.39. The molecule has 0 saturated heterocycles. The lowest BCUT2D eigenvalue weighted by Gasteiger charge is -2.11. The smallest absolute Gasteiger partial charge is 0.186 e. The number of hydrogen-bond acceptors (Lipinski definition) is 3. The molecule has 4 nitrogen and oxygen atoms in total. The molecule has 2 rings (SSSR count). The fourth-order valence-electron chi connectivity index (χ4n) is 1.76. The molecule has 0 fully saturated rings. The van der Waals surface area contributed by atoms with Crippen LogP contribution in [-0.4, -0.2) is 13.7 Å². The van der Waals surface area contributed by atoms with Crippen molar-refractivity contribution >= 4 is 11.1 Å². The van der Waals surface area contributed by atoms with Gasteiger partial charge in [0.2, 0.25) is 0 Å². The van der Waals surface area contributed by atoms with Gasteiger partial charge in [0.05, 0.1) is 4.90 Å². The monoisotopic (exact) mass is 277 g/mol. The fourth-order valence-corrected chi connectivity index (χ4v) is 2.13. The summed E-state index contributed by atoms with van der Waals surface area (Å²) in [6.07, 6.45) is 3.62. The average Bonchev–Trinajstić information content (AvgIpc) is 2.38. The van der Waals surface area contributed by atoms with Gasteiger partial charge in [0.25, 0.3) is 0 Å². The molecular formula is C14H15NO3S. The third-order valence-electron chi connectivity index (χ3n) is 2.90. The number of nitrogens with zero attached hydrogens (tertiary/aromatic N) is 1. The minimum absolute atomic E-state index is 0.364. The number of pyridine rings is 1. The highest BCUT2D eigenvalue weighted by molar-refractivity contribution is 7.79. The van der Waals surface area contributed by atoms with Gasteiger partial charge in [0.1, 0.15) is 12.4 Å². The molecule has 0 aliphatic rings. The van der Waals surface area contributed by atoms with Crippen LogP contribution in [0.25, 0.3) is 0 Å². The zero-order valence-corrected chi connectivity index (χ0v) is 11.6. The van der Waals surface area contributed by atoms with Crippen LogP contribution in [0.3, 0.4) is 0 Å². The number of aromatic nitrogens is 1. The second-order valence-corrected chi connectivity index (χ2v) is 5.23. The Labute approximate surface area is 114 Å². The Hall–Kier alpha value is -1.72. The van der Waals surface area contributed by atoms with Crippen LogP contribution in [0, 0.1) is 13.8 Å². The Kier molecular flexibility index (Phi) is 4.29. The van der Waals surface area contributed by atoms with Gasteiger partial charge in [-0.15, -0.1) is 0 Å². The van der Waals surface area contributed by atoms with Crippen LogP contribution in [-0.2, 0) is 17.7 Å². The lowest BCUT2D eigenvalue weighted by atomic mass is 10.1. The summed E-state index contributed by atoms with van der Waals surface area (Å²) >= 11 is -1.95. The zero-order valence-electron chi connectivity index (χ0n) is 10.8. The molecule has 0 amide bonds. The van der Waals surface area contributed by atoms with E-state index in [4.69, 9.17) is 9.29 Å². The Bertz CT molecular complexity index is 576. The summed E-state index contributed by atoms with van der Waals surface area (Å²) in [6, 6.07) is 6.54. The predicted molar refractivity (Wildman–Crippen MR) is 73.5 cm³/mol. The number of rotatable bonds is 4. The van der Waals surface area contributed by atoms with Crippen molar-refractivity contribution in [1.29, 1.82) is 0 Å². The van der Waals surface area contributed by atoms with Crippen LogP contribution >= 0.6 is 0 Å². The van der Waals surface area contributed by atoms with E-state index < -0.39 is 11.1 Å². The van der Waals surface area contributed by atoms with Crippen molar-refractivity contribution in [3.8, 4) is 5.75 Å². The van der Waals surface area contributed by atoms with Crippen molar-refractivity contribution in [2.24, 2.45) is 0 Å². The molecule has 100 valence electrons. The summed E-state index contributed by atoms with van der Waals surface area (Å²) < 4.78 is 25.4. The lowest BCUT2D eigenvalue weighted by Crippen LogP contribution is -2.01. The first-order valence-electron chi connectivity index (χ1n) is 5.81.